The molecule has 0 aromatic carbocycles. The normalized spacial score (nSPS) is 29.9. The maximum absolute atomic E-state index is 11.9. The van der Waals surface area contributed by atoms with E-state index >= 15 is 0 Å². The Bertz CT molecular complexity index is 271. The molecule has 0 radical (unpaired) electrons. The number of hydrogen-bond acceptors (Lipinski definition) is 2. The Balaban J connectivity index is 0.00000162. The van der Waals surface area contributed by atoms with Gasteiger partial charge in [0.25, 0.3) is 0 Å². The highest BCUT2D eigenvalue weighted by Crippen LogP contribution is 2.31. The summed E-state index contributed by atoms with van der Waals surface area (Å²) in [6.07, 6.45) is 9.36. The number of hydrogen-bond donors (Lipinski definition) is 2. The van der Waals surface area contributed by atoms with E-state index in [1.54, 1.807) is 0 Å². The molecule has 0 spiro atoms. The molecule has 0 heterocycles. The Morgan fingerprint density at radius 2 is 1.78 bits per heavy atom. The minimum absolute atomic E-state index is 0. The smallest absolute Gasteiger partial charge is 0.240 e. The van der Waals surface area contributed by atoms with Crippen LogP contribution in [0, 0.1) is 11.8 Å². The zero-order valence-corrected chi connectivity index (χ0v) is 12.2. The molecule has 2 saturated carbocycles. The summed E-state index contributed by atoms with van der Waals surface area (Å²) in [7, 11) is 0. The van der Waals surface area contributed by atoms with Crippen molar-refractivity contribution in [3.05, 3.63) is 0 Å². The summed E-state index contributed by atoms with van der Waals surface area (Å²) in [4.78, 5) is 11.9. The molecule has 2 aliphatic rings. The third kappa shape index (κ3) is 3.61. The minimum Gasteiger partial charge on any atom is -0.354 e. The molecule has 2 aliphatic carbocycles. The molecule has 2 fully saturated rings. The lowest BCUT2D eigenvalue weighted by Crippen LogP contribution is -2.59. The Labute approximate surface area is 117 Å². The van der Waals surface area contributed by atoms with E-state index in [1.807, 2.05) is 0 Å². The van der Waals surface area contributed by atoms with Crippen molar-refractivity contribution in [2.75, 3.05) is 6.54 Å². The van der Waals surface area contributed by atoms with Gasteiger partial charge < -0.3 is 11.1 Å². The van der Waals surface area contributed by atoms with Crippen molar-refractivity contribution in [3.8, 4) is 0 Å². The molecule has 0 atom stereocenters. The Hall–Kier alpha value is -0.280. The third-order valence-corrected chi connectivity index (χ3v) is 4.79. The highest BCUT2D eigenvalue weighted by molar-refractivity contribution is 5.87. The van der Waals surface area contributed by atoms with Crippen molar-refractivity contribution >= 4 is 18.3 Å². The number of nitrogens with two attached hydrogens (primary N) is 1. The van der Waals surface area contributed by atoms with Crippen LogP contribution in [0.4, 0.5) is 0 Å². The number of amides is 1. The van der Waals surface area contributed by atoms with Crippen molar-refractivity contribution in [2.24, 2.45) is 17.6 Å². The molecule has 0 saturated heterocycles. The SMILES string of the molecule is CCC1CCC(CNC(=O)C2(N)CCC2)CC1.Cl. The quantitative estimate of drug-likeness (QED) is 0.828. The first-order valence-electron chi connectivity index (χ1n) is 7.21. The summed E-state index contributed by atoms with van der Waals surface area (Å²) in [6, 6.07) is 0. The summed E-state index contributed by atoms with van der Waals surface area (Å²) in [5.41, 5.74) is 5.47. The fourth-order valence-electron chi connectivity index (χ4n) is 3.04. The van der Waals surface area contributed by atoms with Gasteiger partial charge in [0.1, 0.15) is 0 Å². The third-order valence-electron chi connectivity index (χ3n) is 4.79. The minimum atomic E-state index is -0.527. The molecule has 0 aromatic rings. The van der Waals surface area contributed by atoms with Crippen molar-refractivity contribution in [2.45, 2.75) is 63.8 Å². The maximum atomic E-state index is 11.9. The number of rotatable bonds is 4. The highest BCUT2D eigenvalue weighted by Gasteiger charge is 2.40. The molecule has 4 heteroatoms. The average molecular weight is 275 g/mol. The monoisotopic (exact) mass is 274 g/mol. The van der Waals surface area contributed by atoms with Crippen LogP contribution in [0.5, 0.6) is 0 Å². The van der Waals surface area contributed by atoms with Gasteiger partial charge in [0.05, 0.1) is 5.54 Å². The van der Waals surface area contributed by atoms with Gasteiger partial charge >= 0.3 is 0 Å². The van der Waals surface area contributed by atoms with Crippen LogP contribution in [0.25, 0.3) is 0 Å². The number of carbonyl (C=O) groups is 1. The number of nitrogens with one attached hydrogen (secondary N) is 1. The van der Waals surface area contributed by atoms with Crippen LogP contribution in [0.15, 0.2) is 0 Å². The Kier molecular flexibility index (Phi) is 5.93. The van der Waals surface area contributed by atoms with Gasteiger partial charge in [-0.25, -0.2) is 0 Å². The maximum Gasteiger partial charge on any atom is 0.240 e. The van der Waals surface area contributed by atoms with E-state index < -0.39 is 5.54 Å². The van der Waals surface area contributed by atoms with Crippen molar-refractivity contribution in [1.29, 1.82) is 0 Å². The molecule has 0 aliphatic heterocycles. The molecule has 0 unspecified atom stereocenters. The standard InChI is InChI=1S/C14H26N2O.ClH/c1-2-11-4-6-12(7-5-11)10-16-13(17)14(15)8-3-9-14;/h11-12H,2-10,15H2,1H3,(H,16,17);1H. The van der Waals surface area contributed by atoms with E-state index in [2.05, 4.69) is 12.2 Å². The predicted molar refractivity (Wildman–Crippen MR) is 76.8 cm³/mol. The lowest BCUT2D eigenvalue weighted by molar-refractivity contribution is -0.129. The largest absolute Gasteiger partial charge is 0.354 e. The molecule has 0 bridgehead atoms. The van der Waals surface area contributed by atoms with Gasteiger partial charge in [-0.3, -0.25) is 4.79 Å². The van der Waals surface area contributed by atoms with E-state index in [0.29, 0.717) is 5.92 Å². The van der Waals surface area contributed by atoms with Gasteiger partial charge in [-0.15, -0.1) is 12.4 Å². The van der Waals surface area contributed by atoms with E-state index in [4.69, 9.17) is 5.73 Å². The Morgan fingerprint density at radius 1 is 1.22 bits per heavy atom. The molecule has 3 nitrogen and oxygen atoms in total. The molecule has 18 heavy (non-hydrogen) atoms. The second-order valence-electron chi connectivity index (χ2n) is 6.01. The van der Waals surface area contributed by atoms with Crippen molar-refractivity contribution in [3.63, 3.8) is 0 Å². The van der Waals surface area contributed by atoms with Gasteiger partial charge in [0, 0.05) is 6.54 Å². The summed E-state index contributed by atoms with van der Waals surface area (Å²) >= 11 is 0. The molecular formula is C14H27ClN2O. The van der Waals surface area contributed by atoms with Gasteiger partial charge in [-0.05, 0) is 43.9 Å². The fraction of sp³-hybridized carbons (Fsp3) is 0.929. The summed E-state index contributed by atoms with van der Waals surface area (Å²) < 4.78 is 0. The zero-order chi connectivity index (χ0) is 12.3. The summed E-state index contributed by atoms with van der Waals surface area (Å²) in [5, 5.41) is 3.06. The lowest BCUT2D eigenvalue weighted by atomic mass is 9.76. The van der Waals surface area contributed by atoms with Gasteiger partial charge in [0.2, 0.25) is 5.91 Å². The molecule has 2 rings (SSSR count). The average Bonchev–Trinajstić information content (AvgIpc) is 2.33. The van der Waals surface area contributed by atoms with Crippen LogP contribution in [-0.2, 0) is 4.79 Å². The van der Waals surface area contributed by atoms with E-state index in [0.717, 1.165) is 31.7 Å². The highest BCUT2D eigenvalue weighted by atomic mass is 35.5. The van der Waals surface area contributed by atoms with Gasteiger partial charge in [-0.2, -0.15) is 0 Å². The topological polar surface area (TPSA) is 55.1 Å². The van der Waals surface area contributed by atoms with Crippen LogP contribution in [0.3, 0.4) is 0 Å². The first kappa shape index (κ1) is 15.8. The van der Waals surface area contributed by atoms with Gasteiger partial charge in [-0.1, -0.05) is 26.2 Å². The summed E-state index contributed by atoms with van der Waals surface area (Å²) in [5.74, 6) is 1.70. The first-order chi connectivity index (χ1) is 8.14. The molecular weight excluding hydrogens is 248 g/mol. The van der Waals surface area contributed by atoms with Crippen molar-refractivity contribution < 1.29 is 4.79 Å². The second kappa shape index (κ2) is 6.76. The Morgan fingerprint density at radius 3 is 2.22 bits per heavy atom. The second-order valence-corrected chi connectivity index (χ2v) is 6.01. The lowest BCUT2D eigenvalue weighted by Gasteiger charge is -2.37. The molecule has 1 amide bonds. The van der Waals surface area contributed by atoms with Crippen LogP contribution >= 0.6 is 12.4 Å². The number of halogens is 1. The number of carbonyl (C=O) groups excluding carboxylic acids is 1. The van der Waals surface area contributed by atoms with E-state index in [9.17, 15) is 4.79 Å². The van der Waals surface area contributed by atoms with Crippen LogP contribution in [0.1, 0.15) is 58.3 Å². The first-order valence-corrected chi connectivity index (χ1v) is 7.21. The zero-order valence-electron chi connectivity index (χ0n) is 11.4. The van der Waals surface area contributed by atoms with Crippen LogP contribution < -0.4 is 11.1 Å². The fourth-order valence-corrected chi connectivity index (χ4v) is 3.04. The van der Waals surface area contributed by atoms with E-state index in [-0.39, 0.29) is 18.3 Å². The summed E-state index contributed by atoms with van der Waals surface area (Å²) in [6.45, 7) is 3.12. The molecule has 0 aromatic heterocycles. The molecule has 3 N–H and O–H groups in total. The van der Waals surface area contributed by atoms with Gasteiger partial charge in [0.15, 0.2) is 0 Å². The van der Waals surface area contributed by atoms with E-state index in [1.165, 1.54) is 32.1 Å². The molecule has 106 valence electrons. The van der Waals surface area contributed by atoms with Crippen molar-refractivity contribution in [1.82, 2.24) is 5.32 Å². The van der Waals surface area contributed by atoms with Crippen LogP contribution in [0.2, 0.25) is 0 Å². The van der Waals surface area contributed by atoms with Crippen LogP contribution in [-0.4, -0.2) is 18.0 Å². The predicted octanol–water partition coefficient (Wildman–Crippen LogP) is 2.62.